The number of anilines is 1. The van der Waals surface area contributed by atoms with Gasteiger partial charge in [-0.2, -0.15) is 9.97 Å². The van der Waals surface area contributed by atoms with Crippen LogP contribution in [0.3, 0.4) is 0 Å². The molecule has 0 bridgehead atoms. The molecule has 8 nitrogen and oxygen atoms in total. The van der Waals surface area contributed by atoms with Gasteiger partial charge in [0.05, 0.1) is 6.54 Å². The molecule has 178 valence electrons. The van der Waals surface area contributed by atoms with Crippen molar-refractivity contribution in [1.82, 2.24) is 19.5 Å². The Hall–Kier alpha value is -2.36. The summed E-state index contributed by atoms with van der Waals surface area (Å²) < 4.78 is 14.2. The van der Waals surface area contributed by atoms with Gasteiger partial charge >= 0.3 is 10.8 Å². The predicted molar refractivity (Wildman–Crippen MR) is 132 cm³/mol. The van der Waals surface area contributed by atoms with Crippen LogP contribution in [0, 0.1) is 5.92 Å². The smallest absolute Gasteiger partial charge is 0.346 e. The lowest BCUT2D eigenvalue weighted by atomic mass is 9.97. The van der Waals surface area contributed by atoms with Crippen LogP contribution in [-0.4, -0.2) is 35.7 Å². The lowest BCUT2D eigenvalue weighted by molar-refractivity contribution is -0.120. The number of benzene rings is 1. The maximum absolute atomic E-state index is 13.0. The molecule has 0 radical (unpaired) electrons. The molecule has 0 saturated heterocycles. The Balaban J connectivity index is 2.07. The van der Waals surface area contributed by atoms with Gasteiger partial charge in [0.2, 0.25) is 5.91 Å². The SMILES string of the molecule is CCCC(CCC)C(=O)Nc1nc([S+]([O-])CCC)nc2c1[nH]c(=O)n2Cc1ccc(Cl)cc1. The van der Waals surface area contributed by atoms with Crippen molar-refractivity contribution < 1.29 is 9.35 Å². The number of hydrogen-bond donors (Lipinski definition) is 2. The standard InChI is InChI=1S/C23H30ClN5O3S/c1-4-7-16(8-5-2)21(30)26-19-18-20(28-22(27-19)33(32)13-6-3)29(23(31)25-18)14-15-9-11-17(24)12-10-15/h9-12,16H,4-8,13-14H2,1-3H3,(H,25,31)(H,26,27,28,30). The third-order valence-corrected chi connectivity index (χ3v) is 6.96. The number of aromatic nitrogens is 4. The number of hydrogen-bond acceptors (Lipinski definition) is 5. The Morgan fingerprint density at radius 3 is 2.42 bits per heavy atom. The Bertz CT molecular complexity index is 1140. The number of rotatable bonds is 11. The van der Waals surface area contributed by atoms with Gasteiger partial charge in [0, 0.05) is 22.1 Å². The number of halogens is 1. The van der Waals surface area contributed by atoms with Crippen LogP contribution in [0.15, 0.2) is 34.2 Å². The first-order valence-corrected chi connectivity index (χ1v) is 13.0. The largest absolute Gasteiger partial charge is 0.609 e. The number of imidazole rings is 1. The maximum atomic E-state index is 13.0. The molecule has 0 fully saturated rings. The highest BCUT2D eigenvalue weighted by molar-refractivity contribution is 7.91. The van der Waals surface area contributed by atoms with E-state index in [2.05, 4.69) is 20.3 Å². The molecular weight excluding hydrogens is 462 g/mol. The molecule has 0 aliphatic rings. The zero-order chi connectivity index (χ0) is 24.0. The van der Waals surface area contributed by atoms with Crippen molar-refractivity contribution in [1.29, 1.82) is 0 Å². The molecule has 1 atom stereocenters. The van der Waals surface area contributed by atoms with E-state index in [0.29, 0.717) is 28.4 Å². The number of nitrogens with zero attached hydrogens (tertiary/aromatic N) is 3. The van der Waals surface area contributed by atoms with E-state index in [4.69, 9.17) is 11.6 Å². The summed E-state index contributed by atoms with van der Waals surface area (Å²) in [5, 5.41) is 3.58. The molecule has 10 heteroatoms. The highest BCUT2D eigenvalue weighted by Gasteiger charge is 2.25. The zero-order valence-corrected chi connectivity index (χ0v) is 20.8. The number of amides is 1. The fraction of sp³-hybridized carbons (Fsp3) is 0.478. The third kappa shape index (κ3) is 6.16. The molecule has 3 rings (SSSR count). The highest BCUT2D eigenvalue weighted by atomic mass is 35.5. The number of carbonyl (C=O) groups is 1. The minimum atomic E-state index is -1.45. The summed E-state index contributed by atoms with van der Waals surface area (Å²) in [7, 11) is 0. The number of aromatic amines is 1. The van der Waals surface area contributed by atoms with Crippen LogP contribution >= 0.6 is 11.6 Å². The van der Waals surface area contributed by atoms with Crippen molar-refractivity contribution in [2.75, 3.05) is 11.1 Å². The molecule has 2 N–H and O–H groups in total. The van der Waals surface area contributed by atoms with Crippen molar-refractivity contribution in [2.24, 2.45) is 5.92 Å². The quantitative estimate of drug-likeness (QED) is 0.302. The van der Waals surface area contributed by atoms with E-state index >= 15 is 0 Å². The van der Waals surface area contributed by atoms with Crippen LogP contribution in [0.4, 0.5) is 5.82 Å². The number of nitrogens with one attached hydrogen (secondary N) is 2. The summed E-state index contributed by atoms with van der Waals surface area (Å²) >= 11 is 4.52. The first-order chi connectivity index (χ1) is 15.9. The van der Waals surface area contributed by atoms with E-state index in [9.17, 15) is 14.1 Å². The molecule has 33 heavy (non-hydrogen) atoms. The number of carbonyl (C=O) groups excluding carboxylic acids is 1. The molecular formula is C23H30ClN5O3S. The first-order valence-electron chi connectivity index (χ1n) is 11.3. The van der Waals surface area contributed by atoms with Gasteiger partial charge in [-0.25, -0.2) is 4.79 Å². The fourth-order valence-electron chi connectivity index (χ4n) is 3.72. The summed E-state index contributed by atoms with van der Waals surface area (Å²) in [6.07, 6.45) is 3.98. The average Bonchev–Trinajstić information content (AvgIpc) is 3.10. The van der Waals surface area contributed by atoms with Crippen LogP contribution in [0.5, 0.6) is 0 Å². The van der Waals surface area contributed by atoms with Crippen LogP contribution in [0.2, 0.25) is 5.02 Å². The van der Waals surface area contributed by atoms with Gasteiger partial charge in [-0.15, -0.1) is 0 Å². The molecule has 3 aromatic rings. The van der Waals surface area contributed by atoms with E-state index in [1.54, 1.807) is 12.1 Å². The number of H-pyrrole nitrogens is 1. The average molecular weight is 492 g/mol. The topological polar surface area (TPSA) is 116 Å². The van der Waals surface area contributed by atoms with Crippen molar-refractivity contribution in [3.63, 3.8) is 0 Å². The maximum Gasteiger partial charge on any atom is 0.346 e. The second-order valence-electron chi connectivity index (χ2n) is 8.01. The summed E-state index contributed by atoms with van der Waals surface area (Å²) in [6.45, 7) is 6.25. The molecule has 0 saturated carbocycles. The van der Waals surface area contributed by atoms with Crippen molar-refractivity contribution in [2.45, 2.75) is 64.6 Å². The van der Waals surface area contributed by atoms with E-state index in [0.717, 1.165) is 31.2 Å². The Morgan fingerprint density at radius 2 is 1.82 bits per heavy atom. The van der Waals surface area contributed by atoms with Gasteiger partial charge in [-0.05, 0) is 37.0 Å². The monoisotopic (exact) mass is 491 g/mol. The molecule has 2 heterocycles. The Morgan fingerprint density at radius 1 is 1.15 bits per heavy atom. The minimum Gasteiger partial charge on any atom is -0.609 e. The summed E-state index contributed by atoms with van der Waals surface area (Å²) in [5.41, 5.74) is 1.10. The van der Waals surface area contributed by atoms with E-state index < -0.39 is 11.2 Å². The van der Waals surface area contributed by atoms with Gasteiger partial charge < -0.3 is 14.9 Å². The summed E-state index contributed by atoms with van der Waals surface area (Å²) in [6, 6.07) is 7.16. The summed E-state index contributed by atoms with van der Waals surface area (Å²) in [5.74, 6) is 0.266. The molecule has 1 amide bonds. The molecule has 0 aliphatic heterocycles. The second kappa shape index (κ2) is 11.7. The van der Waals surface area contributed by atoms with Crippen LogP contribution < -0.4 is 11.0 Å². The molecule has 0 aliphatic carbocycles. The lowest BCUT2D eigenvalue weighted by Crippen LogP contribution is -2.24. The van der Waals surface area contributed by atoms with Crippen molar-refractivity contribution in [3.8, 4) is 0 Å². The third-order valence-electron chi connectivity index (χ3n) is 5.34. The normalized spacial score (nSPS) is 12.4. The summed E-state index contributed by atoms with van der Waals surface area (Å²) in [4.78, 5) is 37.4. The highest BCUT2D eigenvalue weighted by Crippen LogP contribution is 2.23. The second-order valence-corrected chi connectivity index (χ2v) is 9.91. The molecule has 0 spiro atoms. The molecule has 1 unspecified atom stereocenters. The molecule has 2 aromatic heterocycles. The Kier molecular flexibility index (Phi) is 8.94. The predicted octanol–water partition coefficient (Wildman–Crippen LogP) is 4.49. The Labute approximate surface area is 201 Å². The van der Waals surface area contributed by atoms with Crippen LogP contribution in [-0.2, 0) is 22.5 Å². The van der Waals surface area contributed by atoms with E-state index in [1.807, 2.05) is 32.9 Å². The van der Waals surface area contributed by atoms with E-state index in [1.165, 1.54) is 4.57 Å². The van der Waals surface area contributed by atoms with Gasteiger partial charge in [0.15, 0.2) is 11.5 Å². The van der Waals surface area contributed by atoms with Crippen LogP contribution in [0.1, 0.15) is 58.4 Å². The van der Waals surface area contributed by atoms with Crippen molar-refractivity contribution in [3.05, 3.63) is 45.3 Å². The van der Waals surface area contributed by atoms with Crippen molar-refractivity contribution >= 4 is 45.7 Å². The zero-order valence-electron chi connectivity index (χ0n) is 19.2. The van der Waals surface area contributed by atoms with Gasteiger partial charge in [0.25, 0.3) is 0 Å². The van der Waals surface area contributed by atoms with Crippen LogP contribution in [0.25, 0.3) is 11.2 Å². The minimum absolute atomic E-state index is 0.103. The first kappa shape index (κ1) is 25.3. The number of fused-ring (bicyclic) bond motifs is 1. The molecule has 1 aromatic carbocycles. The van der Waals surface area contributed by atoms with Gasteiger partial charge in [-0.1, -0.05) is 57.3 Å². The lowest BCUT2D eigenvalue weighted by Gasteiger charge is -2.16. The van der Waals surface area contributed by atoms with E-state index in [-0.39, 0.29) is 35.0 Å². The fourth-order valence-corrected chi connectivity index (χ4v) is 4.78. The van der Waals surface area contributed by atoms with Gasteiger partial charge in [0.1, 0.15) is 11.3 Å². The van der Waals surface area contributed by atoms with Gasteiger partial charge in [-0.3, -0.25) is 9.36 Å².